The molecule has 0 aliphatic carbocycles. The molecule has 0 radical (unpaired) electrons. The van der Waals surface area contributed by atoms with Crippen LogP contribution in [0.25, 0.3) is 0 Å². The van der Waals surface area contributed by atoms with Crippen molar-refractivity contribution in [2.24, 2.45) is 0 Å². The van der Waals surface area contributed by atoms with Gasteiger partial charge >= 0.3 is 0 Å². The van der Waals surface area contributed by atoms with Gasteiger partial charge in [-0.1, -0.05) is 12.1 Å². The number of aromatic nitrogens is 1. The van der Waals surface area contributed by atoms with Crippen LogP contribution in [0.5, 0.6) is 5.75 Å². The summed E-state index contributed by atoms with van der Waals surface area (Å²) < 4.78 is 12.3. The van der Waals surface area contributed by atoms with Crippen LogP contribution in [0.1, 0.15) is 43.7 Å². The van der Waals surface area contributed by atoms with Crippen LogP contribution in [-0.2, 0) is 17.8 Å². The zero-order valence-electron chi connectivity index (χ0n) is 18.4. The van der Waals surface area contributed by atoms with Gasteiger partial charge in [-0.05, 0) is 75.0 Å². The molecular weight excluding hydrogens is 374 g/mol. The molecule has 1 spiro atoms. The van der Waals surface area contributed by atoms with Gasteiger partial charge in [0.2, 0.25) is 0 Å². The van der Waals surface area contributed by atoms with E-state index >= 15 is 0 Å². The molecule has 1 aromatic carbocycles. The summed E-state index contributed by atoms with van der Waals surface area (Å²) in [4.78, 5) is 9.04. The van der Waals surface area contributed by atoms with E-state index in [1.54, 1.807) is 0 Å². The molecular formula is C25H35N3O2. The van der Waals surface area contributed by atoms with E-state index in [1.807, 2.05) is 25.4 Å². The Morgan fingerprint density at radius 3 is 2.70 bits per heavy atom. The topological polar surface area (TPSA) is 37.8 Å². The first kappa shape index (κ1) is 21.3. The van der Waals surface area contributed by atoms with Crippen LogP contribution < -0.4 is 4.74 Å². The van der Waals surface area contributed by atoms with Crippen LogP contribution in [0.3, 0.4) is 0 Å². The number of likely N-dealkylation sites (N-methyl/N-ethyl adjacent to an activating group) is 1. The predicted molar refractivity (Wildman–Crippen MR) is 120 cm³/mol. The molecule has 0 saturated carbocycles. The van der Waals surface area contributed by atoms with E-state index in [2.05, 4.69) is 52.2 Å². The highest BCUT2D eigenvalue weighted by Gasteiger charge is 2.42. The van der Waals surface area contributed by atoms with Crippen molar-refractivity contribution in [3.8, 4) is 5.75 Å². The molecule has 0 bridgehead atoms. The maximum absolute atomic E-state index is 6.65. The molecule has 1 unspecified atom stereocenters. The van der Waals surface area contributed by atoms with Crippen molar-refractivity contribution in [1.82, 2.24) is 14.8 Å². The van der Waals surface area contributed by atoms with Crippen LogP contribution >= 0.6 is 0 Å². The largest absolute Gasteiger partial charge is 0.494 e. The third kappa shape index (κ3) is 5.60. The predicted octanol–water partition coefficient (Wildman–Crippen LogP) is 4.13. The fourth-order valence-electron chi connectivity index (χ4n) is 4.88. The Morgan fingerprint density at radius 2 is 1.93 bits per heavy atom. The second-order valence-corrected chi connectivity index (χ2v) is 8.87. The maximum Gasteiger partial charge on any atom is 0.119 e. The van der Waals surface area contributed by atoms with E-state index in [1.165, 1.54) is 24.0 Å². The smallest absolute Gasteiger partial charge is 0.119 e. The summed E-state index contributed by atoms with van der Waals surface area (Å²) in [7, 11) is 2.19. The minimum Gasteiger partial charge on any atom is -0.494 e. The van der Waals surface area contributed by atoms with E-state index in [0.29, 0.717) is 12.7 Å². The Kier molecular flexibility index (Phi) is 7.03. The number of ether oxygens (including phenoxy) is 2. The second-order valence-electron chi connectivity index (χ2n) is 8.87. The number of hydrogen-bond donors (Lipinski definition) is 0. The van der Waals surface area contributed by atoms with Crippen molar-refractivity contribution in [2.75, 3.05) is 33.3 Å². The lowest BCUT2D eigenvalue weighted by Crippen LogP contribution is -2.44. The number of likely N-dealkylation sites (tertiary alicyclic amines) is 1. The van der Waals surface area contributed by atoms with Crippen LogP contribution in [0, 0.1) is 0 Å². The molecule has 4 rings (SSSR count). The number of nitrogens with zero attached hydrogens (tertiary/aromatic N) is 3. The summed E-state index contributed by atoms with van der Waals surface area (Å²) in [5, 5.41) is 0. The SMILES string of the molecule is CCOc1cccc(CN2CCC3(CCC(CN(C)Cc4ccncc4)O3)CC2)c1. The number of pyridine rings is 1. The van der Waals surface area contributed by atoms with Gasteiger partial charge in [-0.25, -0.2) is 0 Å². The van der Waals surface area contributed by atoms with E-state index < -0.39 is 0 Å². The summed E-state index contributed by atoms with van der Waals surface area (Å²) in [5.41, 5.74) is 2.74. The van der Waals surface area contributed by atoms with Crippen molar-refractivity contribution in [3.63, 3.8) is 0 Å². The summed E-state index contributed by atoms with van der Waals surface area (Å²) >= 11 is 0. The Bertz CT molecular complexity index is 790. The Hall–Kier alpha value is -1.95. The highest BCUT2D eigenvalue weighted by molar-refractivity contribution is 5.28. The molecule has 2 fully saturated rings. The zero-order valence-corrected chi connectivity index (χ0v) is 18.4. The quantitative estimate of drug-likeness (QED) is 0.655. The lowest BCUT2D eigenvalue weighted by molar-refractivity contribution is -0.0838. The first-order chi connectivity index (χ1) is 14.6. The molecule has 1 atom stereocenters. The molecule has 0 amide bonds. The van der Waals surface area contributed by atoms with Gasteiger partial charge in [0.25, 0.3) is 0 Å². The highest BCUT2D eigenvalue weighted by atomic mass is 16.5. The van der Waals surface area contributed by atoms with Gasteiger partial charge in [0.1, 0.15) is 5.75 Å². The van der Waals surface area contributed by atoms with Crippen LogP contribution in [0.4, 0.5) is 0 Å². The Balaban J connectivity index is 1.23. The Morgan fingerprint density at radius 1 is 1.13 bits per heavy atom. The fraction of sp³-hybridized carbons (Fsp3) is 0.560. The number of hydrogen-bond acceptors (Lipinski definition) is 5. The van der Waals surface area contributed by atoms with Gasteiger partial charge in [0.15, 0.2) is 0 Å². The Labute approximate surface area is 181 Å². The van der Waals surface area contributed by atoms with Crippen molar-refractivity contribution in [2.45, 2.75) is 57.4 Å². The van der Waals surface area contributed by atoms with Crippen LogP contribution in [0.15, 0.2) is 48.8 Å². The summed E-state index contributed by atoms with van der Waals surface area (Å²) in [6.45, 7) is 7.91. The van der Waals surface area contributed by atoms with Crippen molar-refractivity contribution >= 4 is 0 Å². The van der Waals surface area contributed by atoms with Crippen molar-refractivity contribution < 1.29 is 9.47 Å². The molecule has 2 aromatic rings. The number of benzene rings is 1. The fourth-order valence-corrected chi connectivity index (χ4v) is 4.88. The van der Waals surface area contributed by atoms with Crippen LogP contribution in [0.2, 0.25) is 0 Å². The molecule has 162 valence electrons. The summed E-state index contributed by atoms with van der Waals surface area (Å²) in [6.07, 6.45) is 8.75. The molecule has 30 heavy (non-hydrogen) atoms. The lowest BCUT2D eigenvalue weighted by atomic mass is 9.88. The molecule has 2 aliphatic rings. The number of rotatable bonds is 8. The van der Waals surface area contributed by atoms with E-state index in [4.69, 9.17) is 9.47 Å². The van der Waals surface area contributed by atoms with Gasteiger partial charge < -0.3 is 9.47 Å². The second kappa shape index (κ2) is 9.90. The van der Waals surface area contributed by atoms with E-state index in [0.717, 1.165) is 51.3 Å². The summed E-state index contributed by atoms with van der Waals surface area (Å²) in [6, 6.07) is 12.7. The zero-order chi connectivity index (χ0) is 20.8. The van der Waals surface area contributed by atoms with Gasteiger partial charge in [0.05, 0.1) is 18.3 Å². The molecule has 5 heteroatoms. The molecule has 0 N–H and O–H groups in total. The molecule has 2 aliphatic heterocycles. The minimum atomic E-state index is 0.103. The minimum absolute atomic E-state index is 0.103. The normalized spacial score (nSPS) is 21.4. The van der Waals surface area contributed by atoms with Crippen molar-refractivity contribution in [1.29, 1.82) is 0 Å². The molecule has 2 saturated heterocycles. The highest BCUT2D eigenvalue weighted by Crippen LogP contribution is 2.39. The van der Waals surface area contributed by atoms with Crippen LogP contribution in [-0.4, -0.2) is 59.8 Å². The van der Waals surface area contributed by atoms with Crippen molar-refractivity contribution in [3.05, 3.63) is 59.9 Å². The molecule has 1 aromatic heterocycles. The van der Waals surface area contributed by atoms with E-state index in [9.17, 15) is 0 Å². The van der Waals surface area contributed by atoms with Gasteiger partial charge in [-0.3, -0.25) is 14.8 Å². The molecule has 3 heterocycles. The average Bonchev–Trinajstić information content (AvgIpc) is 3.13. The van der Waals surface area contributed by atoms with Gasteiger partial charge in [-0.2, -0.15) is 0 Å². The standard InChI is InChI=1S/C25H35N3O2/c1-3-29-23-6-4-5-22(17-23)19-28-15-11-25(12-16-28)10-7-24(30-25)20-27(2)18-21-8-13-26-14-9-21/h4-6,8-9,13-14,17,24H,3,7,10-12,15-16,18-20H2,1-2H3. The maximum atomic E-state index is 6.65. The van der Waals surface area contributed by atoms with Gasteiger partial charge in [0, 0.05) is 45.1 Å². The number of piperidine rings is 1. The molecule has 5 nitrogen and oxygen atoms in total. The monoisotopic (exact) mass is 409 g/mol. The summed E-state index contributed by atoms with van der Waals surface area (Å²) in [5.74, 6) is 0.973. The first-order valence-corrected chi connectivity index (χ1v) is 11.3. The van der Waals surface area contributed by atoms with E-state index in [-0.39, 0.29) is 5.60 Å². The first-order valence-electron chi connectivity index (χ1n) is 11.3. The average molecular weight is 410 g/mol. The third-order valence-corrected chi connectivity index (χ3v) is 6.44. The third-order valence-electron chi connectivity index (χ3n) is 6.44. The lowest BCUT2D eigenvalue weighted by Gasteiger charge is -2.39. The van der Waals surface area contributed by atoms with Gasteiger partial charge in [-0.15, -0.1) is 0 Å².